The van der Waals surface area contributed by atoms with Gasteiger partial charge in [0.05, 0.1) is 10.6 Å². The fourth-order valence-electron chi connectivity index (χ4n) is 5.67. The lowest BCUT2D eigenvalue weighted by Gasteiger charge is -2.49. The second-order valence-electron chi connectivity index (χ2n) is 12.6. The van der Waals surface area contributed by atoms with Crippen LogP contribution in [0.4, 0.5) is 27.1 Å². The summed E-state index contributed by atoms with van der Waals surface area (Å²) in [6.45, 7) is 0.145. The number of thioether (sulfide) groups is 2. The number of benzene rings is 1. The molecule has 27 heteroatoms. The summed E-state index contributed by atoms with van der Waals surface area (Å²) in [5.41, 5.74) is 5.25. The van der Waals surface area contributed by atoms with Crippen molar-refractivity contribution in [1.82, 2.24) is 20.5 Å². The number of amides is 3. The number of carboxylic acid groups (broad SMARTS) is 3. The van der Waals surface area contributed by atoms with Crippen LogP contribution < -0.4 is 16.4 Å². The van der Waals surface area contributed by atoms with E-state index in [1.165, 1.54) is 35.0 Å². The number of aromatic hydroxyl groups is 2. The molecule has 0 radical (unpaired) electrons. The topological polar surface area (TPSA) is 291 Å². The molecule has 18 nitrogen and oxygen atoms in total. The molecule has 1 aromatic carbocycles. The van der Waals surface area contributed by atoms with E-state index in [1.807, 2.05) is 0 Å². The van der Waals surface area contributed by atoms with Crippen LogP contribution in [0.1, 0.15) is 41.7 Å². The van der Waals surface area contributed by atoms with E-state index in [9.17, 15) is 66.4 Å². The van der Waals surface area contributed by atoms with Crippen LogP contribution in [0.15, 0.2) is 33.9 Å². The third-order valence-electron chi connectivity index (χ3n) is 8.60. The number of nitrogens with zero attached hydrogens (tertiary/aromatic N) is 3. The maximum Gasteiger partial charge on any atom is 0.490 e. The Morgan fingerprint density at radius 2 is 1.78 bits per heavy atom. The summed E-state index contributed by atoms with van der Waals surface area (Å²) in [6.07, 6.45) is -8.07. The summed E-state index contributed by atoms with van der Waals surface area (Å²) in [7, 11) is 0. The number of phenolic OH excluding ortho intramolecular Hbond substituents is 2. The van der Waals surface area contributed by atoms with E-state index in [1.54, 1.807) is 0 Å². The third kappa shape index (κ3) is 11.6. The number of rotatable bonds is 14. The lowest BCUT2D eigenvalue weighted by atomic mass is 9.83. The van der Waals surface area contributed by atoms with Crippen LogP contribution in [0.25, 0.3) is 0 Å². The molecule has 2 fully saturated rings. The van der Waals surface area contributed by atoms with Gasteiger partial charge in [0.1, 0.15) is 22.8 Å². The Kier molecular flexibility index (Phi) is 15.3. The van der Waals surface area contributed by atoms with Crippen molar-refractivity contribution in [3.63, 3.8) is 0 Å². The first-order valence-electron chi connectivity index (χ1n) is 16.7. The molecule has 1 aliphatic carbocycles. The standard InChI is InChI=1S/C30H31ClF2N6O10S3.C2HF3O2/c31-17-14(1-2-16(40)21(17)41)23(42)35-7-8-50-9-13-10-51-26-19(25(44)39(26)20(13)27(45)46)37-24(43)18(15-11-52-29(34)36-15)38-49-22(28(47)48)12-3-5-30(32,33)6-4-12;3-2(4,5)1(6)7/h1-2,11-12,19,22,26,40-41H,3-10H2,(H2,34,36)(H,35,42)(H,37,43)(H,45,46)(H,47,48);(H,6,7)/b38-18-;/t19-,22-,26-;/m1./s1. The number of hydrogen-bond acceptors (Lipinski definition) is 15. The minimum Gasteiger partial charge on any atom is -0.504 e. The SMILES string of the molecule is Nc1nc(/C(=N/O[C@@H](C(=O)O)C2CCC(F)(F)CC2)C(=O)N[C@@H]2C(=O)N3C(C(=O)O)=C(CSCCNC(=O)c4ccc(O)c(O)c4Cl)CS[C@H]23)cs1.O=C(O)C(F)(F)F. The quantitative estimate of drug-likeness (QED) is 0.0337. The number of nitrogen functional groups attached to an aromatic ring is 1. The van der Waals surface area contributed by atoms with E-state index in [0.29, 0.717) is 11.3 Å². The summed E-state index contributed by atoms with van der Waals surface area (Å²) in [6, 6.07) is 1.17. The van der Waals surface area contributed by atoms with Crippen molar-refractivity contribution in [3.8, 4) is 11.5 Å². The Balaban J connectivity index is 0.00000101. The molecule has 5 rings (SSSR count). The molecular formula is C32H32ClF5N6O12S3. The Morgan fingerprint density at radius 1 is 1.14 bits per heavy atom. The molecule has 0 spiro atoms. The van der Waals surface area contributed by atoms with Crippen molar-refractivity contribution in [2.75, 3.05) is 29.5 Å². The smallest absolute Gasteiger partial charge is 0.490 e. The van der Waals surface area contributed by atoms with Gasteiger partial charge in [-0.2, -0.15) is 24.9 Å². The van der Waals surface area contributed by atoms with Gasteiger partial charge >= 0.3 is 24.1 Å². The molecule has 3 amide bonds. The zero-order chi connectivity index (χ0) is 44.0. The molecule has 3 aliphatic rings. The van der Waals surface area contributed by atoms with Crippen LogP contribution >= 0.6 is 46.5 Å². The predicted octanol–water partition coefficient (Wildman–Crippen LogP) is 3.32. The van der Waals surface area contributed by atoms with E-state index in [2.05, 4.69) is 20.8 Å². The Hall–Kier alpha value is -5.08. The number of fused-ring (bicyclic) bond motifs is 1. The van der Waals surface area contributed by atoms with Gasteiger partial charge in [-0.15, -0.1) is 23.1 Å². The van der Waals surface area contributed by atoms with Crippen LogP contribution in [0.3, 0.4) is 0 Å². The summed E-state index contributed by atoms with van der Waals surface area (Å²) >= 11 is 9.36. The second kappa shape index (κ2) is 19.3. The van der Waals surface area contributed by atoms with E-state index in [0.717, 1.165) is 22.3 Å². The van der Waals surface area contributed by atoms with Gasteiger partial charge in [0, 0.05) is 47.9 Å². The van der Waals surface area contributed by atoms with Gasteiger partial charge in [0.25, 0.3) is 17.7 Å². The summed E-state index contributed by atoms with van der Waals surface area (Å²) in [5, 5.41) is 55.3. The highest BCUT2D eigenvalue weighted by Crippen LogP contribution is 2.42. The van der Waals surface area contributed by atoms with Crippen molar-refractivity contribution in [2.24, 2.45) is 11.1 Å². The number of halogens is 6. The van der Waals surface area contributed by atoms with E-state index in [-0.39, 0.29) is 58.0 Å². The highest BCUT2D eigenvalue weighted by atomic mass is 35.5. The molecule has 1 aromatic heterocycles. The summed E-state index contributed by atoms with van der Waals surface area (Å²) in [4.78, 5) is 82.7. The van der Waals surface area contributed by atoms with Gasteiger partial charge in [-0.25, -0.2) is 28.1 Å². The molecule has 2 aromatic rings. The zero-order valence-electron chi connectivity index (χ0n) is 29.7. The number of hydrogen-bond donors (Lipinski definition) is 8. The minimum absolute atomic E-state index is 0.0413. The van der Waals surface area contributed by atoms with Crippen LogP contribution in [0, 0.1) is 5.92 Å². The van der Waals surface area contributed by atoms with Crippen LogP contribution in [0.5, 0.6) is 11.5 Å². The second-order valence-corrected chi connectivity index (χ2v) is 16.1. The number of carbonyl (C=O) groups is 6. The lowest BCUT2D eigenvalue weighted by molar-refractivity contribution is -0.192. The minimum atomic E-state index is -5.08. The first kappa shape index (κ1) is 46.6. The fourth-order valence-corrected chi connectivity index (χ4v) is 8.81. The average Bonchev–Trinajstić information content (AvgIpc) is 3.59. The first-order valence-corrected chi connectivity index (χ1v) is 20.1. The number of aromatic nitrogens is 1. The van der Waals surface area contributed by atoms with Gasteiger partial charge in [0.15, 0.2) is 22.3 Å². The number of β-lactam (4-membered cyclic amide) rings is 1. The Bertz CT molecular complexity index is 2050. The molecule has 59 heavy (non-hydrogen) atoms. The molecule has 3 atom stereocenters. The number of alkyl halides is 5. The van der Waals surface area contributed by atoms with Gasteiger partial charge in [-0.05, 0) is 30.5 Å². The van der Waals surface area contributed by atoms with E-state index < -0.39 is 101 Å². The van der Waals surface area contributed by atoms with Gasteiger partial charge in [-0.1, -0.05) is 16.8 Å². The highest BCUT2D eigenvalue weighted by molar-refractivity contribution is 8.01. The normalized spacial score (nSPS) is 19.7. The number of oxime groups is 1. The maximum absolute atomic E-state index is 13.7. The number of aliphatic carboxylic acids is 3. The van der Waals surface area contributed by atoms with Crippen molar-refractivity contribution in [3.05, 3.63) is 45.1 Å². The molecule has 3 heterocycles. The molecule has 0 bridgehead atoms. The highest BCUT2D eigenvalue weighted by Gasteiger charge is 2.54. The number of nitrogens with two attached hydrogens (primary N) is 1. The Labute approximate surface area is 346 Å². The van der Waals surface area contributed by atoms with Crippen LogP contribution in [-0.2, 0) is 28.8 Å². The molecular weight excluding hydrogens is 887 g/mol. The van der Waals surface area contributed by atoms with Crippen LogP contribution in [0.2, 0.25) is 5.02 Å². The molecule has 0 unspecified atom stereocenters. The van der Waals surface area contributed by atoms with Crippen molar-refractivity contribution in [1.29, 1.82) is 0 Å². The summed E-state index contributed by atoms with van der Waals surface area (Å²) in [5.74, 6) is -12.0. The first-order chi connectivity index (χ1) is 27.5. The maximum atomic E-state index is 13.7. The Morgan fingerprint density at radius 3 is 2.34 bits per heavy atom. The van der Waals surface area contributed by atoms with E-state index >= 15 is 0 Å². The summed E-state index contributed by atoms with van der Waals surface area (Å²) < 4.78 is 59.1. The average molecular weight is 919 g/mol. The molecule has 1 saturated carbocycles. The monoisotopic (exact) mass is 918 g/mol. The molecule has 2 aliphatic heterocycles. The van der Waals surface area contributed by atoms with Crippen molar-refractivity contribution < 1.29 is 81.1 Å². The number of phenols is 2. The predicted molar refractivity (Wildman–Crippen MR) is 200 cm³/mol. The molecule has 322 valence electrons. The molecule has 1 saturated heterocycles. The van der Waals surface area contributed by atoms with Crippen LogP contribution in [-0.4, -0.2) is 130 Å². The lowest BCUT2D eigenvalue weighted by Crippen LogP contribution is -2.71. The number of carboxylic acids is 3. The van der Waals surface area contributed by atoms with Crippen molar-refractivity contribution >= 4 is 92.9 Å². The van der Waals surface area contributed by atoms with Gasteiger partial charge in [0.2, 0.25) is 12.0 Å². The largest absolute Gasteiger partial charge is 0.504 e. The fraction of sp³-hybridized carbons (Fsp3) is 0.438. The number of anilines is 1. The van der Waals surface area contributed by atoms with Gasteiger partial charge < -0.3 is 46.7 Å². The zero-order valence-corrected chi connectivity index (χ0v) is 32.9. The number of thiazole rings is 1. The van der Waals surface area contributed by atoms with E-state index in [4.69, 9.17) is 32.1 Å². The van der Waals surface area contributed by atoms with Crippen molar-refractivity contribution in [2.45, 2.75) is 55.3 Å². The number of nitrogens with one attached hydrogen (secondary N) is 2. The molecule has 9 N–H and O–H groups in total. The van der Waals surface area contributed by atoms with Gasteiger partial charge in [-0.3, -0.25) is 19.3 Å². The number of carbonyl (C=O) groups excluding carboxylic acids is 3. The third-order valence-corrected chi connectivity index (χ3v) is 12.0.